The Hall–Kier alpha value is -3.02. The van der Waals surface area contributed by atoms with Gasteiger partial charge in [-0.05, 0) is 32.0 Å². The number of amides is 3. The topological polar surface area (TPSA) is 79.5 Å². The predicted octanol–water partition coefficient (Wildman–Crippen LogP) is 3.41. The van der Waals surface area contributed by atoms with Gasteiger partial charge in [-0.15, -0.1) is 0 Å². The second-order valence-corrected chi connectivity index (χ2v) is 5.84. The van der Waals surface area contributed by atoms with Crippen LogP contribution in [0.4, 0.5) is 16.2 Å². The van der Waals surface area contributed by atoms with Crippen molar-refractivity contribution in [3.05, 3.63) is 54.1 Å². The first-order valence-corrected chi connectivity index (χ1v) is 8.08. The summed E-state index contributed by atoms with van der Waals surface area (Å²) in [7, 11) is 1.57. The molecule has 0 bridgehead atoms. The molecule has 6 heteroatoms. The zero-order valence-corrected chi connectivity index (χ0v) is 14.6. The maximum absolute atomic E-state index is 12.4. The van der Waals surface area contributed by atoms with Gasteiger partial charge in [-0.3, -0.25) is 4.79 Å². The van der Waals surface area contributed by atoms with E-state index in [2.05, 4.69) is 16.0 Å². The van der Waals surface area contributed by atoms with E-state index < -0.39 is 0 Å². The molecule has 2 rings (SSSR count). The van der Waals surface area contributed by atoms with Crippen LogP contribution in [-0.2, 0) is 11.2 Å². The highest BCUT2D eigenvalue weighted by molar-refractivity contribution is 5.99. The second-order valence-electron chi connectivity index (χ2n) is 5.84. The van der Waals surface area contributed by atoms with Crippen LogP contribution in [0.1, 0.15) is 19.4 Å². The van der Waals surface area contributed by atoms with E-state index in [4.69, 9.17) is 4.74 Å². The summed E-state index contributed by atoms with van der Waals surface area (Å²) in [5.74, 6) is 0.475. The first-order valence-electron chi connectivity index (χ1n) is 8.08. The number of ether oxygens (including phenoxy) is 1. The summed E-state index contributed by atoms with van der Waals surface area (Å²) in [6, 6.07) is 14.1. The quantitative estimate of drug-likeness (QED) is 0.753. The van der Waals surface area contributed by atoms with Gasteiger partial charge in [0.15, 0.2) is 0 Å². The summed E-state index contributed by atoms with van der Waals surface area (Å²) < 4.78 is 5.26. The Bertz CT molecular complexity index is 744. The van der Waals surface area contributed by atoms with Gasteiger partial charge in [-0.25, -0.2) is 4.79 Å². The molecule has 0 fully saturated rings. The fraction of sp³-hybridized carbons (Fsp3) is 0.263. The van der Waals surface area contributed by atoms with Gasteiger partial charge in [0.25, 0.3) is 0 Å². The Labute approximate surface area is 147 Å². The van der Waals surface area contributed by atoms with Crippen LogP contribution < -0.4 is 20.7 Å². The minimum Gasteiger partial charge on any atom is -0.496 e. The van der Waals surface area contributed by atoms with E-state index in [1.165, 1.54) is 0 Å². The highest BCUT2D eigenvalue weighted by Crippen LogP contribution is 2.22. The predicted molar refractivity (Wildman–Crippen MR) is 99.1 cm³/mol. The Kier molecular flexibility index (Phi) is 6.39. The number of anilines is 2. The largest absolute Gasteiger partial charge is 0.496 e. The van der Waals surface area contributed by atoms with E-state index in [9.17, 15) is 9.59 Å². The Morgan fingerprint density at radius 1 is 0.960 bits per heavy atom. The van der Waals surface area contributed by atoms with Crippen molar-refractivity contribution in [1.82, 2.24) is 5.32 Å². The molecule has 0 aliphatic carbocycles. The van der Waals surface area contributed by atoms with Crippen LogP contribution >= 0.6 is 0 Å². The second kappa shape index (κ2) is 8.73. The molecule has 2 aromatic rings. The minimum absolute atomic E-state index is 0.0206. The average Bonchev–Trinajstić information content (AvgIpc) is 2.56. The lowest BCUT2D eigenvalue weighted by molar-refractivity contribution is -0.115. The molecule has 0 aliphatic heterocycles. The van der Waals surface area contributed by atoms with Gasteiger partial charge in [-0.1, -0.05) is 30.3 Å². The van der Waals surface area contributed by atoms with Crippen molar-refractivity contribution in [3.63, 3.8) is 0 Å². The lowest BCUT2D eigenvalue weighted by Gasteiger charge is -2.14. The molecular weight excluding hydrogens is 318 g/mol. The summed E-state index contributed by atoms with van der Waals surface area (Å²) in [6.45, 7) is 3.75. The molecule has 0 heterocycles. The summed E-state index contributed by atoms with van der Waals surface area (Å²) >= 11 is 0. The van der Waals surface area contributed by atoms with E-state index in [0.717, 1.165) is 5.56 Å². The van der Waals surface area contributed by atoms with E-state index in [-0.39, 0.29) is 24.4 Å². The number of para-hydroxylation sites is 3. The first-order chi connectivity index (χ1) is 12.0. The first kappa shape index (κ1) is 18.3. The van der Waals surface area contributed by atoms with Gasteiger partial charge >= 0.3 is 6.03 Å². The van der Waals surface area contributed by atoms with Gasteiger partial charge in [0, 0.05) is 11.6 Å². The van der Waals surface area contributed by atoms with Gasteiger partial charge in [0.2, 0.25) is 5.91 Å². The number of nitrogens with one attached hydrogen (secondary N) is 3. The maximum Gasteiger partial charge on any atom is 0.319 e. The van der Waals surface area contributed by atoms with Crippen molar-refractivity contribution >= 4 is 23.3 Å². The zero-order chi connectivity index (χ0) is 18.2. The average molecular weight is 341 g/mol. The molecule has 3 amide bonds. The van der Waals surface area contributed by atoms with Gasteiger partial charge in [-0.2, -0.15) is 0 Å². The SMILES string of the molecule is COc1ccccc1CC(=O)Nc1ccccc1NC(=O)NC(C)C. The van der Waals surface area contributed by atoms with Crippen LogP contribution in [0.15, 0.2) is 48.5 Å². The molecule has 6 nitrogen and oxygen atoms in total. The molecule has 0 aromatic heterocycles. The molecule has 0 spiro atoms. The summed E-state index contributed by atoms with van der Waals surface area (Å²) in [5, 5.41) is 8.32. The van der Waals surface area contributed by atoms with Crippen molar-refractivity contribution in [1.29, 1.82) is 0 Å². The number of methoxy groups -OCH3 is 1. The summed E-state index contributed by atoms with van der Waals surface area (Å²) in [6.07, 6.45) is 0.177. The Morgan fingerprint density at radius 2 is 1.56 bits per heavy atom. The number of hydrogen-bond acceptors (Lipinski definition) is 3. The van der Waals surface area contributed by atoms with Crippen molar-refractivity contribution in [2.75, 3.05) is 17.7 Å². The Balaban J connectivity index is 2.07. The lowest BCUT2D eigenvalue weighted by atomic mass is 10.1. The van der Waals surface area contributed by atoms with Crippen LogP contribution in [0, 0.1) is 0 Å². The molecule has 0 aliphatic rings. The smallest absolute Gasteiger partial charge is 0.319 e. The van der Waals surface area contributed by atoms with Crippen molar-refractivity contribution < 1.29 is 14.3 Å². The third-order valence-electron chi connectivity index (χ3n) is 3.41. The summed E-state index contributed by atoms with van der Waals surface area (Å²) in [4.78, 5) is 24.3. The van der Waals surface area contributed by atoms with Crippen LogP contribution in [0.3, 0.4) is 0 Å². The van der Waals surface area contributed by atoms with Crippen LogP contribution in [0.2, 0.25) is 0 Å². The van der Waals surface area contributed by atoms with E-state index in [1.54, 1.807) is 31.4 Å². The minimum atomic E-state index is -0.318. The van der Waals surface area contributed by atoms with E-state index >= 15 is 0 Å². The van der Waals surface area contributed by atoms with Crippen molar-refractivity contribution in [2.24, 2.45) is 0 Å². The summed E-state index contributed by atoms with van der Waals surface area (Å²) in [5.41, 5.74) is 1.88. The van der Waals surface area contributed by atoms with Crippen LogP contribution in [-0.4, -0.2) is 25.1 Å². The third kappa shape index (κ3) is 5.53. The molecule has 25 heavy (non-hydrogen) atoms. The molecule has 132 valence electrons. The third-order valence-corrected chi connectivity index (χ3v) is 3.41. The number of carbonyl (C=O) groups excluding carboxylic acids is 2. The fourth-order valence-electron chi connectivity index (χ4n) is 2.34. The van der Waals surface area contributed by atoms with Crippen LogP contribution in [0.25, 0.3) is 0 Å². The molecule has 0 atom stereocenters. The Morgan fingerprint density at radius 3 is 2.20 bits per heavy atom. The standard InChI is InChI=1S/C19H23N3O3/c1-13(2)20-19(24)22-16-10-6-5-9-15(16)21-18(23)12-14-8-4-7-11-17(14)25-3/h4-11,13H,12H2,1-3H3,(H,21,23)(H2,20,22,24). The normalized spacial score (nSPS) is 10.2. The number of carbonyl (C=O) groups is 2. The van der Waals surface area contributed by atoms with E-state index in [0.29, 0.717) is 17.1 Å². The van der Waals surface area contributed by atoms with Crippen molar-refractivity contribution in [3.8, 4) is 5.75 Å². The number of urea groups is 1. The number of rotatable bonds is 6. The van der Waals surface area contributed by atoms with Crippen molar-refractivity contribution in [2.45, 2.75) is 26.3 Å². The molecule has 3 N–H and O–H groups in total. The molecule has 0 saturated carbocycles. The molecule has 0 saturated heterocycles. The van der Waals surface area contributed by atoms with Crippen LogP contribution in [0.5, 0.6) is 5.75 Å². The van der Waals surface area contributed by atoms with Gasteiger partial charge < -0.3 is 20.7 Å². The highest BCUT2D eigenvalue weighted by atomic mass is 16.5. The molecule has 0 radical (unpaired) electrons. The zero-order valence-electron chi connectivity index (χ0n) is 14.6. The van der Waals surface area contributed by atoms with Gasteiger partial charge in [0.1, 0.15) is 5.75 Å². The highest BCUT2D eigenvalue weighted by Gasteiger charge is 2.12. The van der Waals surface area contributed by atoms with Gasteiger partial charge in [0.05, 0.1) is 24.9 Å². The number of hydrogen-bond donors (Lipinski definition) is 3. The number of benzene rings is 2. The monoisotopic (exact) mass is 341 g/mol. The molecule has 2 aromatic carbocycles. The lowest BCUT2D eigenvalue weighted by Crippen LogP contribution is -2.34. The van der Waals surface area contributed by atoms with E-state index in [1.807, 2.05) is 38.1 Å². The maximum atomic E-state index is 12.4. The fourth-order valence-corrected chi connectivity index (χ4v) is 2.34. The molecular formula is C19H23N3O3. The molecule has 0 unspecified atom stereocenters.